The Morgan fingerprint density at radius 3 is 2.55 bits per heavy atom. The fraction of sp³-hybridized carbons (Fsp3) is 0.733. The van der Waals surface area contributed by atoms with Gasteiger partial charge in [0.2, 0.25) is 11.8 Å². The maximum Gasteiger partial charge on any atom is 0.248 e. The fourth-order valence-corrected chi connectivity index (χ4v) is 3.04. The molecule has 112 valence electrons. The number of nitrogens with two attached hydrogens (primary N) is 1. The molecule has 2 aliphatic rings. The van der Waals surface area contributed by atoms with E-state index in [0.717, 1.165) is 0 Å². The van der Waals surface area contributed by atoms with Crippen LogP contribution in [0.3, 0.4) is 0 Å². The number of carbonyl (C=O) groups is 2. The molecular weight excluding hydrogens is 256 g/mol. The molecule has 0 aromatic carbocycles. The SMILES string of the molecule is CC(C)=C[C@@H]1[C@@H](C(=O)N2CCO[C@@H](C(N)=O)C2)C1(C)C. The zero-order valence-corrected chi connectivity index (χ0v) is 12.7. The number of carbonyl (C=O) groups excluding carboxylic acids is 2. The Bertz CT molecular complexity index is 452. The fourth-order valence-electron chi connectivity index (χ4n) is 3.04. The third-order valence-corrected chi connectivity index (χ3v) is 4.39. The molecule has 0 aromatic rings. The standard InChI is InChI=1S/C15H24N2O3/c1-9(2)7-10-12(15(10,3)4)14(19)17-5-6-20-11(8-17)13(16)18/h7,10-12H,5-6,8H2,1-4H3,(H2,16,18)/t10-,11-,12+/m1/s1. The van der Waals surface area contributed by atoms with Crippen molar-refractivity contribution in [1.82, 2.24) is 4.90 Å². The summed E-state index contributed by atoms with van der Waals surface area (Å²) in [4.78, 5) is 25.5. The third-order valence-electron chi connectivity index (χ3n) is 4.39. The molecule has 1 aliphatic carbocycles. The third kappa shape index (κ3) is 2.73. The molecule has 2 fully saturated rings. The minimum atomic E-state index is -0.670. The number of allylic oxidation sites excluding steroid dienone is 2. The van der Waals surface area contributed by atoms with E-state index in [1.807, 2.05) is 13.8 Å². The molecule has 1 heterocycles. The molecule has 0 spiro atoms. The molecule has 0 bridgehead atoms. The molecule has 1 aliphatic heterocycles. The molecule has 3 atom stereocenters. The lowest BCUT2D eigenvalue weighted by Gasteiger charge is -2.31. The lowest BCUT2D eigenvalue weighted by Crippen LogP contribution is -2.51. The Morgan fingerprint density at radius 2 is 2.00 bits per heavy atom. The van der Waals surface area contributed by atoms with Crippen molar-refractivity contribution in [2.24, 2.45) is 23.0 Å². The van der Waals surface area contributed by atoms with Gasteiger partial charge < -0.3 is 15.4 Å². The van der Waals surface area contributed by atoms with Crippen LogP contribution in [0.1, 0.15) is 27.7 Å². The summed E-state index contributed by atoms with van der Waals surface area (Å²) in [6, 6.07) is 0. The van der Waals surface area contributed by atoms with Gasteiger partial charge in [-0.1, -0.05) is 25.5 Å². The summed E-state index contributed by atoms with van der Waals surface area (Å²) in [5.41, 5.74) is 6.48. The van der Waals surface area contributed by atoms with Crippen molar-refractivity contribution in [3.8, 4) is 0 Å². The molecule has 1 saturated heterocycles. The van der Waals surface area contributed by atoms with Crippen molar-refractivity contribution >= 4 is 11.8 Å². The van der Waals surface area contributed by atoms with E-state index in [1.165, 1.54) is 5.57 Å². The molecule has 5 nitrogen and oxygen atoms in total. The Balaban J connectivity index is 2.05. The average molecular weight is 280 g/mol. The Labute approximate surface area is 120 Å². The summed E-state index contributed by atoms with van der Waals surface area (Å²) in [7, 11) is 0. The highest BCUT2D eigenvalue weighted by molar-refractivity contribution is 5.85. The van der Waals surface area contributed by atoms with Crippen LogP contribution < -0.4 is 5.73 Å². The first-order chi connectivity index (χ1) is 9.25. The number of hydrogen-bond donors (Lipinski definition) is 1. The van der Waals surface area contributed by atoms with Gasteiger partial charge in [0.05, 0.1) is 19.1 Å². The Kier molecular flexibility index (Phi) is 3.91. The van der Waals surface area contributed by atoms with Crippen LogP contribution in [0, 0.1) is 17.3 Å². The highest BCUT2D eigenvalue weighted by Gasteiger charge is 2.61. The number of amides is 2. The van der Waals surface area contributed by atoms with E-state index in [2.05, 4.69) is 19.9 Å². The van der Waals surface area contributed by atoms with Gasteiger partial charge >= 0.3 is 0 Å². The van der Waals surface area contributed by atoms with Gasteiger partial charge in [-0.2, -0.15) is 0 Å². The molecule has 2 amide bonds. The van der Waals surface area contributed by atoms with Gasteiger partial charge in [-0.3, -0.25) is 9.59 Å². The lowest BCUT2D eigenvalue weighted by molar-refractivity contribution is -0.146. The molecule has 0 unspecified atom stereocenters. The van der Waals surface area contributed by atoms with E-state index >= 15 is 0 Å². The van der Waals surface area contributed by atoms with Gasteiger partial charge in [0.1, 0.15) is 0 Å². The number of hydrogen-bond acceptors (Lipinski definition) is 3. The molecule has 0 radical (unpaired) electrons. The van der Waals surface area contributed by atoms with E-state index in [4.69, 9.17) is 10.5 Å². The Morgan fingerprint density at radius 1 is 1.35 bits per heavy atom. The van der Waals surface area contributed by atoms with Crippen molar-refractivity contribution in [1.29, 1.82) is 0 Å². The summed E-state index contributed by atoms with van der Waals surface area (Å²) in [5, 5.41) is 0. The second-order valence-corrected chi connectivity index (χ2v) is 6.61. The van der Waals surface area contributed by atoms with Gasteiger partial charge in [0.15, 0.2) is 6.10 Å². The molecular formula is C15H24N2O3. The largest absolute Gasteiger partial charge is 0.367 e. The number of morpholine rings is 1. The first kappa shape index (κ1) is 15.0. The van der Waals surface area contributed by atoms with E-state index < -0.39 is 12.0 Å². The van der Waals surface area contributed by atoms with E-state index in [-0.39, 0.29) is 29.7 Å². The van der Waals surface area contributed by atoms with E-state index in [0.29, 0.717) is 13.2 Å². The molecule has 5 heteroatoms. The van der Waals surface area contributed by atoms with Gasteiger partial charge in [-0.15, -0.1) is 0 Å². The van der Waals surface area contributed by atoms with Crippen molar-refractivity contribution in [2.75, 3.05) is 19.7 Å². The smallest absolute Gasteiger partial charge is 0.248 e. The van der Waals surface area contributed by atoms with Crippen molar-refractivity contribution < 1.29 is 14.3 Å². The summed E-state index contributed by atoms with van der Waals surface area (Å²) in [6.45, 7) is 9.53. The minimum absolute atomic E-state index is 0.00373. The van der Waals surface area contributed by atoms with Gasteiger partial charge in [0, 0.05) is 6.54 Å². The second-order valence-electron chi connectivity index (χ2n) is 6.61. The first-order valence-electron chi connectivity index (χ1n) is 7.10. The van der Waals surface area contributed by atoms with Crippen molar-refractivity contribution in [3.05, 3.63) is 11.6 Å². The maximum atomic E-state index is 12.6. The van der Waals surface area contributed by atoms with Crippen molar-refractivity contribution in [3.63, 3.8) is 0 Å². The van der Waals surface area contributed by atoms with Crippen molar-refractivity contribution in [2.45, 2.75) is 33.8 Å². The van der Waals surface area contributed by atoms with Crippen LogP contribution in [0.25, 0.3) is 0 Å². The summed E-state index contributed by atoms with van der Waals surface area (Å²) < 4.78 is 5.28. The summed E-state index contributed by atoms with van der Waals surface area (Å²) >= 11 is 0. The molecule has 2 rings (SSSR count). The predicted octanol–water partition coefficient (Wildman–Crippen LogP) is 0.937. The quantitative estimate of drug-likeness (QED) is 0.782. The minimum Gasteiger partial charge on any atom is -0.367 e. The van der Waals surface area contributed by atoms with Crippen LogP contribution >= 0.6 is 0 Å². The van der Waals surface area contributed by atoms with Gasteiger partial charge in [-0.25, -0.2) is 0 Å². The number of rotatable bonds is 3. The zero-order chi connectivity index (χ0) is 15.1. The number of primary amides is 1. The van der Waals surface area contributed by atoms with E-state index in [9.17, 15) is 9.59 Å². The molecule has 2 N–H and O–H groups in total. The second kappa shape index (κ2) is 5.20. The monoisotopic (exact) mass is 280 g/mol. The molecule has 20 heavy (non-hydrogen) atoms. The number of nitrogens with zero attached hydrogens (tertiary/aromatic N) is 1. The average Bonchev–Trinajstić information content (AvgIpc) is 2.89. The first-order valence-corrected chi connectivity index (χ1v) is 7.10. The van der Waals surface area contributed by atoms with Crippen LogP contribution in [0.5, 0.6) is 0 Å². The van der Waals surface area contributed by atoms with Gasteiger partial charge in [-0.05, 0) is 25.2 Å². The zero-order valence-electron chi connectivity index (χ0n) is 12.7. The Hall–Kier alpha value is -1.36. The normalized spacial score (nSPS) is 31.6. The van der Waals surface area contributed by atoms with Crippen LogP contribution in [0.15, 0.2) is 11.6 Å². The highest BCUT2D eigenvalue weighted by atomic mass is 16.5. The van der Waals surface area contributed by atoms with Crippen LogP contribution in [0.2, 0.25) is 0 Å². The summed E-state index contributed by atoms with van der Waals surface area (Å²) in [6.07, 6.45) is 1.51. The lowest BCUT2D eigenvalue weighted by atomic mass is 10.1. The van der Waals surface area contributed by atoms with Crippen LogP contribution in [-0.4, -0.2) is 42.5 Å². The maximum absolute atomic E-state index is 12.6. The molecule has 1 saturated carbocycles. The van der Waals surface area contributed by atoms with Gasteiger partial charge in [0.25, 0.3) is 0 Å². The van der Waals surface area contributed by atoms with Crippen LogP contribution in [-0.2, 0) is 14.3 Å². The highest BCUT2D eigenvalue weighted by Crippen LogP contribution is 2.60. The van der Waals surface area contributed by atoms with Crippen LogP contribution in [0.4, 0.5) is 0 Å². The number of ether oxygens (including phenoxy) is 1. The molecule has 0 aromatic heterocycles. The topological polar surface area (TPSA) is 72.6 Å². The summed E-state index contributed by atoms with van der Waals surface area (Å²) in [5.74, 6) is -0.0932. The van der Waals surface area contributed by atoms with E-state index in [1.54, 1.807) is 4.90 Å². The predicted molar refractivity (Wildman–Crippen MR) is 75.7 cm³/mol.